The maximum atomic E-state index is 7.84. The number of benzene rings is 6. The summed E-state index contributed by atoms with van der Waals surface area (Å²) in [4.78, 5) is 0. The van der Waals surface area contributed by atoms with Gasteiger partial charge in [-0.05, 0) is 43.7 Å². The van der Waals surface area contributed by atoms with Gasteiger partial charge in [0.25, 0.3) is 0 Å². The fourth-order valence-corrected chi connectivity index (χ4v) is 17.3. The Hall–Kier alpha value is -2.79. The summed E-state index contributed by atoms with van der Waals surface area (Å²) >= 11 is 7.84. The Labute approximate surface area is 310 Å². The van der Waals surface area contributed by atoms with Crippen LogP contribution in [0.4, 0.5) is 0 Å². The van der Waals surface area contributed by atoms with E-state index in [1.807, 2.05) is 18.2 Å². The summed E-state index contributed by atoms with van der Waals surface area (Å²) in [7, 11) is -1.73. The number of hydrogen-bond acceptors (Lipinski definition) is 0. The molecule has 0 fully saturated rings. The minimum atomic E-state index is -3.15. The zero-order chi connectivity index (χ0) is 33.2. The van der Waals surface area contributed by atoms with Crippen molar-refractivity contribution in [3.05, 3.63) is 194 Å². The van der Waals surface area contributed by atoms with Crippen LogP contribution in [0.5, 0.6) is 0 Å². The number of halogens is 1. The molecule has 0 nitrogen and oxygen atoms in total. The monoisotopic (exact) mass is 868 g/mol. The van der Waals surface area contributed by atoms with Gasteiger partial charge in [0.2, 0.25) is 0 Å². The first-order valence-electron chi connectivity index (χ1n) is 16.5. The van der Waals surface area contributed by atoms with Crippen LogP contribution in [0.1, 0.15) is 27.7 Å². The molecule has 0 bridgehead atoms. The molecule has 4 heteroatoms. The van der Waals surface area contributed by atoms with Gasteiger partial charge in [-0.3, -0.25) is 0 Å². The van der Waals surface area contributed by atoms with Crippen LogP contribution in [0.2, 0.25) is 0 Å². The molecule has 0 unspecified atom stereocenters. The molecule has 0 N–H and O–H groups in total. The third kappa shape index (κ3) is 7.98. The van der Waals surface area contributed by atoms with E-state index in [9.17, 15) is 0 Å². The SMILES string of the molecule is CC(C)[CH-]P(Cl)(c1ccccc1)(c1ccccc1)c1ccccc1.CC(C)[CH-][P+](c1ccccc1)(c1ccccc1)c1ccccc1.[Au+]. The first kappa shape index (κ1) is 38.0. The predicted molar refractivity (Wildman–Crippen MR) is 214 cm³/mol. The molecular formula is C44H46AuClP2. The summed E-state index contributed by atoms with van der Waals surface area (Å²) in [6.45, 7) is 8.98. The number of hydrogen-bond donors (Lipinski definition) is 0. The van der Waals surface area contributed by atoms with Crippen molar-refractivity contribution in [2.24, 2.45) is 11.8 Å². The van der Waals surface area contributed by atoms with Crippen molar-refractivity contribution in [3.63, 3.8) is 0 Å². The summed E-state index contributed by atoms with van der Waals surface area (Å²) in [5.74, 6) is -2.27. The first-order chi connectivity index (χ1) is 22.8. The van der Waals surface area contributed by atoms with Crippen LogP contribution < -0.4 is 31.8 Å². The molecule has 0 heterocycles. The second-order valence-corrected chi connectivity index (χ2v) is 22.0. The first-order valence-corrected chi connectivity index (χ1v) is 21.5. The van der Waals surface area contributed by atoms with Crippen LogP contribution in [-0.4, -0.2) is 0 Å². The van der Waals surface area contributed by atoms with Gasteiger partial charge >= 0.3 is 172 Å². The van der Waals surface area contributed by atoms with E-state index in [2.05, 4.69) is 204 Å². The quantitative estimate of drug-likeness (QED) is 0.0731. The van der Waals surface area contributed by atoms with Crippen molar-refractivity contribution < 1.29 is 22.4 Å². The van der Waals surface area contributed by atoms with E-state index in [1.54, 1.807) is 0 Å². The Morgan fingerprint density at radius 2 is 0.667 bits per heavy atom. The summed E-state index contributed by atoms with van der Waals surface area (Å²) in [5, 5.41) is 7.84. The van der Waals surface area contributed by atoms with E-state index in [1.165, 1.54) is 31.8 Å². The molecule has 250 valence electrons. The normalized spacial score (nSPS) is 12.3. The standard InChI is InChI=1S/C22H23ClP.C22H23P.Au/c1-19(2)18-24(23,20-12-6-3-7-13-20,21-14-8-4-9-15-21)22-16-10-5-11-17-22;1-19(2)18-23(20-12-6-3-7-13-20,21-14-8-4-9-15-21)22-16-10-5-11-17-22;/h3-19H,1-2H3;3-19H,1-2H3;/q-1;;+1. The Morgan fingerprint density at radius 3 is 0.896 bits per heavy atom. The molecule has 0 spiro atoms. The van der Waals surface area contributed by atoms with Gasteiger partial charge in [-0.1, -0.05) is 68.4 Å². The molecule has 6 aromatic carbocycles. The van der Waals surface area contributed by atoms with Gasteiger partial charge < -0.3 is 0 Å². The van der Waals surface area contributed by atoms with Crippen molar-refractivity contribution >= 4 is 56.3 Å². The molecule has 0 aliphatic heterocycles. The van der Waals surface area contributed by atoms with E-state index >= 15 is 0 Å². The number of rotatable bonds is 10. The van der Waals surface area contributed by atoms with Gasteiger partial charge in [-0.25, -0.2) is 0 Å². The van der Waals surface area contributed by atoms with Gasteiger partial charge in [0.1, 0.15) is 0 Å². The third-order valence-electron chi connectivity index (χ3n) is 8.37. The Bertz CT molecular complexity index is 1580. The molecule has 0 amide bonds. The summed E-state index contributed by atoms with van der Waals surface area (Å²) < 4.78 is 0. The van der Waals surface area contributed by atoms with E-state index in [-0.39, 0.29) is 22.4 Å². The van der Waals surface area contributed by atoms with Gasteiger partial charge in [-0.15, -0.1) is 12.1 Å². The van der Waals surface area contributed by atoms with Gasteiger partial charge in [-0.2, -0.15) is 0 Å². The van der Waals surface area contributed by atoms with Crippen LogP contribution in [0.15, 0.2) is 182 Å². The summed E-state index contributed by atoms with van der Waals surface area (Å²) in [6, 6.07) is 64.6. The second-order valence-electron chi connectivity index (χ2n) is 12.6. The molecule has 0 aliphatic rings. The van der Waals surface area contributed by atoms with Crippen LogP contribution in [0, 0.1) is 24.2 Å². The average molecular weight is 869 g/mol. The van der Waals surface area contributed by atoms with Gasteiger partial charge in [0, 0.05) is 0 Å². The molecule has 0 radical (unpaired) electrons. The molecule has 0 aliphatic carbocycles. The fraction of sp³-hybridized carbons (Fsp3) is 0.136. The van der Waals surface area contributed by atoms with E-state index in [0.717, 1.165) is 0 Å². The maximum Gasteiger partial charge on any atom is 1.00 e. The second kappa shape index (κ2) is 17.2. The molecule has 6 aromatic rings. The van der Waals surface area contributed by atoms with Gasteiger partial charge in [0.05, 0.1) is 15.9 Å². The Balaban J connectivity index is 0.000000212. The van der Waals surface area contributed by atoms with Crippen LogP contribution in [0.25, 0.3) is 0 Å². The largest absolute Gasteiger partial charge is 1.00 e. The molecule has 0 saturated carbocycles. The average Bonchev–Trinajstić information content (AvgIpc) is 3.13. The topological polar surface area (TPSA) is 0 Å². The molecule has 0 saturated heterocycles. The molecule has 6 rings (SSSR count). The summed E-state index contributed by atoms with van der Waals surface area (Å²) in [5.41, 5.74) is 0. The van der Waals surface area contributed by atoms with E-state index in [4.69, 9.17) is 11.2 Å². The molecule has 0 aromatic heterocycles. The fourth-order valence-electron chi connectivity index (χ4n) is 6.57. The van der Waals surface area contributed by atoms with Crippen LogP contribution >= 0.6 is 24.5 Å². The van der Waals surface area contributed by atoms with Crippen molar-refractivity contribution in [1.29, 1.82) is 0 Å². The molecular weight excluding hydrogens is 823 g/mol. The minimum absolute atomic E-state index is 0. The van der Waals surface area contributed by atoms with Crippen molar-refractivity contribution in [2.45, 2.75) is 27.7 Å². The minimum Gasteiger partial charge on any atom is -0.148 e. The van der Waals surface area contributed by atoms with Crippen molar-refractivity contribution in [1.82, 2.24) is 0 Å². The third-order valence-corrected chi connectivity index (χ3v) is 19.9. The smallest absolute Gasteiger partial charge is 0.148 e. The predicted octanol–water partition coefficient (Wildman–Crippen LogP) is 10.3. The Kier molecular flexibility index (Phi) is 13.6. The Morgan fingerprint density at radius 1 is 0.417 bits per heavy atom. The molecule has 48 heavy (non-hydrogen) atoms. The van der Waals surface area contributed by atoms with Gasteiger partial charge in [0.15, 0.2) is 0 Å². The van der Waals surface area contributed by atoms with Crippen molar-refractivity contribution in [2.75, 3.05) is 0 Å². The van der Waals surface area contributed by atoms with Crippen LogP contribution in [-0.2, 0) is 22.4 Å². The molecule has 0 atom stereocenters. The summed E-state index contributed by atoms with van der Waals surface area (Å²) in [6.07, 6.45) is 4.96. The zero-order valence-corrected chi connectivity index (χ0v) is 32.9. The van der Waals surface area contributed by atoms with Crippen LogP contribution in [0.3, 0.4) is 0 Å². The zero-order valence-electron chi connectivity index (χ0n) is 28.2. The van der Waals surface area contributed by atoms with E-state index < -0.39 is 13.2 Å². The van der Waals surface area contributed by atoms with Crippen molar-refractivity contribution in [3.8, 4) is 0 Å². The maximum absolute atomic E-state index is 7.84. The van der Waals surface area contributed by atoms with E-state index in [0.29, 0.717) is 11.8 Å².